The molecule has 0 saturated heterocycles. The molecule has 1 aromatic carbocycles. The van der Waals surface area contributed by atoms with Crippen LogP contribution in [0.3, 0.4) is 0 Å². The zero-order chi connectivity index (χ0) is 14.1. The Morgan fingerprint density at radius 3 is 3.15 bits per heavy atom. The molecule has 0 bridgehead atoms. The van der Waals surface area contributed by atoms with Crippen molar-refractivity contribution in [2.45, 2.75) is 12.5 Å². The van der Waals surface area contributed by atoms with Gasteiger partial charge in [0.15, 0.2) is 0 Å². The quantitative estimate of drug-likeness (QED) is 0.876. The number of halogens is 1. The fourth-order valence-electron chi connectivity index (χ4n) is 2.02. The Balaban J connectivity index is 1.83. The summed E-state index contributed by atoms with van der Waals surface area (Å²) < 4.78 is 1.53. The van der Waals surface area contributed by atoms with Gasteiger partial charge in [-0.15, -0.1) is 10.2 Å². The van der Waals surface area contributed by atoms with Gasteiger partial charge in [0.05, 0.1) is 6.42 Å². The molecule has 0 fully saturated rings. The maximum atomic E-state index is 12.3. The van der Waals surface area contributed by atoms with E-state index in [1.165, 1.54) is 10.9 Å². The van der Waals surface area contributed by atoms with Gasteiger partial charge in [-0.1, -0.05) is 17.7 Å². The van der Waals surface area contributed by atoms with E-state index in [4.69, 9.17) is 11.6 Å². The molecular formula is C12H10ClN5O2. The number of anilines is 2. The average molecular weight is 292 g/mol. The summed E-state index contributed by atoms with van der Waals surface area (Å²) in [7, 11) is 0. The molecule has 0 aliphatic carbocycles. The van der Waals surface area contributed by atoms with Crippen LogP contribution in [0.4, 0.5) is 11.6 Å². The Bertz CT molecular complexity index is 684. The third-order valence-corrected chi connectivity index (χ3v) is 3.17. The van der Waals surface area contributed by atoms with Gasteiger partial charge in [0.2, 0.25) is 17.8 Å². The van der Waals surface area contributed by atoms with Crippen molar-refractivity contribution in [2.24, 2.45) is 0 Å². The standard InChI is InChI=1S/C12H10ClN5O2/c13-7-2-1-3-8(4-7)15-11(20)9-5-10(19)16-12-17-14-6-18(9)12/h1-4,6,9H,5H2,(H,15,20)(H,16,17,19). The monoisotopic (exact) mass is 291 g/mol. The predicted octanol–water partition coefficient (Wildman–Crippen LogP) is 1.45. The highest BCUT2D eigenvalue weighted by Gasteiger charge is 2.31. The Labute approximate surface area is 118 Å². The molecule has 0 saturated carbocycles. The number of carbonyl (C=O) groups is 2. The minimum Gasteiger partial charge on any atom is -0.324 e. The highest BCUT2D eigenvalue weighted by atomic mass is 35.5. The molecular weight excluding hydrogens is 282 g/mol. The summed E-state index contributed by atoms with van der Waals surface area (Å²) >= 11 is 5.86. The molecule has 1 aliphatic heterocycles. The molecule has 3 rings (SSSR count). The van der Waals surface area contributed by atoms with Crippen LogP contribution in [-0.2, 0) is 9.59 Å². The van der Waals surface area contributed by atoms with E-state index in [1.54, 1.807) is 24.3 Å². The third-order valence-electron chi connectivity index (χ3n) is 2.93. The minimum absolute atomic E-state index is 0.0391. The number of benzene rings is 1. The first-order valence-corrected chi connectivity index (χ1v) is 6.27. The lowest BCUT2D eigenvalue weighted by Gasteiger charge is -2.23. The molecule has 2 aromatic rings. The van der Waals surface area contributed by atoms with Crippen LogP contribution in [0, 0.1) is 0 Å². The smallest absolute Gasteiger partial charge is 0.248 e. The molecule has 1 aliphatic rings. The van der Waals surface area contributed by atoms with Crippen molar-refractivity contribution >= 4 is 35.1 Å². The minimum atomic E-state index is -0.673. The third kappa shape index (κ3) is 2.35. The zero-order valence-corrected chi connectivity index (χ0v) is 11.0. The van der Waals surface area contributed by atoms with E-state index in [2.05, 4.69) is 20.8 Å². The average Bonchev–Trinajstić information content (AvgIpc) is 2.85. The Hall–Kier alpha value is -2.41. The summed E-state index contributed by atoms with van der Waals surface area (Å²) in [4.78, 5) is 23.8. The first kappa shape index (κ1) is 12.6. The number of aromatic nitrogens is 3. The molecule has 1 aromatic heterocycles. The number of amides is 2. The van der Waals surface area contributed by atoms with Crippen LogP contribution in [0.15, 0.2) is 30.6 Å². The van der Waals surface area contributed by atoms with Crippen molar-refractivity contribution in [1.82, 2.24) is 14.8 Å². The van der Waals surface area contributed by atoms with Crippen molar-refractivity contribution in [3.8, 4) is 0 Å². The van der Waals surface area contributed by atoms with Gasteiger partial charge in [0.25, 0.3) is 0 Å². The van der Waals surface area contributed by atoms with E-state index in [0.717, 1.165) is 0 Å². The highest BCUT2D eigenvalue weighted by molar-refractivity contribution is 6.30. The van der Waals surface area contributed by atoms with Crippen molar-refractivity contribution in [3.63, 3.8) is 0 Å². The van der Waals surface area contributed by atoms with E-state index in [9.17, 15) is 9.59 Å². The van der Waals surface area contributed by atoms with Gasteiger partial charge in [0.1, 0.15) is 12.4 Å². The van der Waals surface area contributed by atoms with E-state index in [0.29, 0.717) is 10.7 Å². The van der Waals surface area contributed by atoms with Gasteiger partial charge in [-0.3, -0.25) is 19.5 Å². The number of fused-ring (bicyclic) bond motifs is 1. The molecule has 1 unspecified atom stereocenters. The van der Waals surface area contributed by atoms with Crippen LogP contribution in [-0.4, -0.2) is 26.6 Å². The van der Waals surface area contributed by atoms with Crippen LogP contribution in [0.25, 0.3) is 0 Å². The summed E-state index contributed by atoms with van der Waals surface area (Å²) in [5, 5.41) is 13.2. The van der Waals surface area contributed by atoms with Crippen LogP contribution in [0.1, 0.15) is 12.5 Å². The highest BCUT2D eigenvalue weighted by Crippen LogP contribution is 2.24. The molecule has 2 heterocycles. The van der Waals surface area contributed by atoms with Crippen molar-refractivity contribution in [1.29, 1.82) is 0 Å². The largest absolute Gasteiger partial charge is 0.324 e. The summed E-state index contributed by atoms with van der Waals surface area (Å²) in [5.41, 5.74) is 0.572. The number of rotatable bonds is 2. The number of nitrogens with one attached hydrogen (secondary N) is 2. The molecule has 1 atom stereocenters. The molecule has 102 valence electrons. The van der Waals surface area contributed by atoms with Crippen LogP contribution >= 0.6 is 11.6 Å². The second-order valence-electron chi connectivity index (χ2n) is 4.33. The number of hydrogen-bond acceptors (Lipinski definition) is 4. The normalized spacial score (nSPS) is 17.2. The molecule has 0 spiro atoms. The Kier molecular flexibility index (Phi) is 3.11. The number of nitrogens with zero attached hydrogens (tertiary/aromatic N) is 3. The van der Waals surface area contributed by atoms with Gasteiger partial charge in [0, 0.05) is 10.7 Å². The first-order chi connectivity index (χ1) is 9.63. The number of hydrogen-bond donors (Lipinski definition) is 2. The predicted molar refractivity (Wildman–Crippen MR) is 72.4 cm³/mol. The topological polar surface area (TPSA) is 88.9 Å². The van der Waals surface area contributed by atoms with Gasteiger partial charge in [-0.2, -0.15) is 0 Å². The van der Waals surface area contributed by atoms with Gasteiger partial charge in [-0.25, -0.2) is 0 Å². The summed E-state index contributed by atoms with van der Waals surface area (Å²) in [6, 6.07) is 6.13. The zero-order valence-electron chi connectivity index (χ0n) is 10.2. The maximum absolute atomic E-state index is 12.3. The molecule has 2 amide bonds. The van der Waals surface area contributed by atoms with Crippen molar-refractivity contribution in [2.75, 3.05) is 10.6 Å². The summed E-state index contributed by atoms with van der Waals surface area (Å²) in [5.74, 6) is -0.313. The van der Waals surface area contributed by atoms with Crippen LogP contribution in [0.2, 0.25) is 5.02 Å². The van der Waals surface area contributed by atoms with E-state index >= 15 is 0 Å². The molecule has 2 N–H and O–H groups in total. The van der Waals surface area contributed by atoms with E-state index < -0.39 is 6.04 Å². The van der Waals surface area contributed by atoms with Gasteiger partial charge < -0.3 is 5.32 Å². The molecule has 7 nitrogen and oxygen atoms in total. The molecule has 0 radical (unpaired) electrons. The Morgan fingerprint density at radius 1 is 1.50 bits per heavy atom. The van der Waals surface area contributed by atoms with Crippen LogP contribution in [0.5, 0.6) is 0 Å². The van der Waals surface area contributed by atoms with E-state index in [1.807, 2.05) is 0 Å². The van der Waals surface area contributed by atoms with Gasteiger partial charge >= 0.3 is 0 Å². The lowest BCUT2D eigenvalue weighted by atomic mass is 10.1. The first-order valence-electron chi connectivity index (χ1n) is 5.89. The molecule has 8 heteroatoms. The van der Waals surface area contributed by atoms with E-state index in [-0.39, 0.29) is 24.2 Å². The number of carbonyl (C=O) groups excluding carboxylic acids is 2. The lowest BCUT2D eigenvalue weighted by Crippen LogP contribution is -2.35. The van der Waals surface area contributed by atoms with Crippen LogP contribution < -0.4 is 10.6 Å². The summed E-state index contributed by atoms with van der Waals surface area (Å²) in [6.07, 6.45) is 1.45. The van der Waals surface area contributed by atoms with Crippen molar-refractivity contribution < 1.29 is 9.59 Å². The van der Waals surface area contributed by atoms with Crippen molar-refractivity contribution in [3.05, 3.63) is 35.6 Å². The SMILES string of the molecule is O=C1CC(C(=O)Nc2cccc(Cl)c2)n2cnnc2N1. The maximum Gasteiger partial charge on any atom is 0.248 e. The fourth-order valence-corrected chi connectivity index (χ4v) is 2.21. The second-order valence-corrected chi connectivity index (χ2v) is 4.77. The molecule has 20 heavy (non-hydrogen) atoms. The lowest BCUT2D eigenvalue weighted by molar-refractivity contribution is -0.125. The second kappa shape index (κ2) is 4.93. The Morgan fingerprint density at radius 2 is 2.35 bits per heavy atom. The summed E-state index contributed by atoms with van der Waals surface area (Å²) in [6.45, 7) is 0. The fraction of sp³-hybridized carbons (Fsp3) is 0.167. The van der Waals surface area contributed by atoms with Gasteiger partial charge in [-0.05, 0) is 18.2 Å².